The molecule has 2 N–H and O–H groups in total. The second-order valence-corrected chi connectivity index (χ2v) is 13.8. The molecule has 6 nitrogen and oxygen atoms in total. The van der Waals surface area contributed by atoms with Crippen molar-refractivity contribution in [1.29, 1.82) is 0 Å². The standard InChI is InChI=1S/C34H50N4O2/c35-33-36-34(22-25-9-3-1-4-10-25,23-26-11-5-2-6-12-26)32(40)38(33)24-27-17-19-37(20-18-27)31(39)30-16-15-28-13-7-8-14-29(28)21-30/h7-8,13-14,25-27,30H,1-6,9-12,15-24H2,(H2,35,36). The fraction of sp³-hybridized carbons (Fsp3) is 0.735. The third kappa shape index (κ3) is 5.97. The Hall–Kier alpha value is -2.37. The number of piperidine rings is 1. The molecule has 2 heterocycles. The van der Waals surface area contributed by atoms with Crippen molar-refractivity contribution in [3.63, 3.8) is 0 Å². The van der Waals surface area contributed by atoms with E-state index >= 15 is 0 Å². The van der Waals surface area contributed by atoms with Gasteiger partial charge in [0.1, 0.15) is 5.54 Å². The van der Waals surface area contributed by atoms with Gasteiger partial charge in [0.15, 0.2) is 5.96 Å². The average molecular weight is 547 g/mol. The van der Waals surface area contributed by atoms with Crippen LogP contribution in [-0.4, -0.2) is 52.7 Å². The summed E-state index contributed by atoms with van der Waals surface area (Å²) in [5.41, 5.74) is 8.69. The number of rotatable bonds is 7. The molecule has 2 amide bonds. The summed E-state index contributed by atoms with van der Waals surface area (Å²) in [4.78, 5) is 36.6. The van der Waals surface area contributed by atoms with Crippen LogP contribution in [0.2, 0.25) is 0 Å². The number of aryl methyl sites for hydroxylation is 1. The molecule has 0 aromatic heterocycles. The van der Waals surface area contributed by atoms with E-state index in [0.717, 1.165) is 58.0 Å². The van der Waals surface area contributed by atoms with Gasteiger partial charge in [-0.2, -0.15) is 0 Å². The summed E-state index contributed by atoms with van der Waals surface area (Å²) < 4.78 is 0. The second kappa shape index (κ2) is 12.2. The fourth-order valence-corrected chi connectivity index (χ4v) is 8.71. The zero-order chi connectivity index (χ0) is 27.5. The predicted octanol–water partition coefficient (Wildman–Crippen LogP) is 5.87. The molecule has 3 fully saturated rings. The van der Waals surface area contributed by atoms with Crippen molar-refractivity contribution in [2.75, 3.05) is 19.6 Å². The number of amides is 2. The highest BCUT2D eigenvalue weighted by molar-refractivity contribution is 6.06. The Balaban J connectivity index is 1.06. The number of benzene rings is 1. The van der Waals surface area contributed by atoms with E-state index < -0.39 is 5.54 Å². The van der Waals surface area contributed by atoms with Gasteiger partial charge in [-0.25, -0.2) is 4.99 Å². The molecule has 0 spiro atoms. The van der Waals surface area contributed by atoms with E-state index in [0.29, 0.717) is 36.2 Å². The summed E-state index contributed by atoms with van der Waals surface area (Å²) in [5, 5.41) is 0. The molecule has 0 bridgehead atoms. The lowest BCUT2D eigenvalue weighted by Gasteiger charge is -2.38. The van der Waals surface area contributed by atoms with Crippen LogP contribution in [0.5, 0.6) is 0 Å². The van der Waals surface area contributed by atoms with Crippen molar-refractivity contribution < 1.29 is 9.59 Å². The Labute approximate surface area is 241 Å². The zero-order valence-corrected chi connectivity index (χ0v) is 24.5. The molecule has 1 aromatic rings. The third-order valence-electron chi connectivity index (χ3n) is 11.0. The second-order valence-electron chi connectivity index (χ2n) is 13.8. The van der Waals surface area contributed by atoms with E-state index in [9.17, 15) is 9.59 Å². The average Bonchev–Trinajstić information content (AvgIpc) is 3.21. The van der Waals surface area contributed by atoms with Gasteiger partial charge in [-0.15, -0.1) is 0 Å². The first-order valence-corrected chi connectivity index (χ1v) is 16.5. The van der Waals surface area contributed by atoms with Gasteiger partial charge in [0, 0.05) is 25.6 Å². The van der Waals surface area contributed by atoms with E-state index in [4.69, 9.17) is 10.7 Å². The number of nitrogens with zero attached hydrogens (tertiary/aromatic N) is 3. The minimum Gasteiger partial charge on any atom is -0.369 e. The topological polar surface area (TPSA) is 79.0 Å². The van der Waals surface area contributed by atoms with Crippen LogP contribution in [0.3, 0.4) is 0 Å². The maximum Gasteiger partial charge on any atom is 0.257 e. The number of carbonyl (C=O) groups is 2. The van der Waals surface area contributed by atoms with Crippen LogP contribution in [0.15, 0.2) is 29.3 Å². The Morgan fingerprint density at radius 1 is 0.825 bits per heavy atom. The quantitative estimate of drug-likeness (QED) is 0.465. The lowest BCUT2D eigenvalue weighted by Crippen LogP contribution is -2.50. The van der Waals surface area contributed by atoms with Gasteiger partial charge in [0.25, 0.3) is 5.91 Å². The van der Waals surface area contributed by atoms with Crippen LogP contribution in [0, 0.1) is 23.7 Å². The fourth-order valence-electron chi connectivity index (χ4n) is 8.71. The van der Waals surface area contributed by atoms with E-state index in [2.05, 4.69) is 29.2 Å². The van der Waals surface area contributed by atoms with Crippen LogP contribution >= 0.6 is 0 Å². The lowest BCUT2D eigenvalue weighted by molar-refractivity contribution is -0.138. The summed E-state index contributed by atoms with van der Waals surface area (Å²) in [6, 6.07) is 8.58. The van der Waals surface area contributed by atoms with E-state index in [-0.39, 0.29) is 11.8 Å². The number of likely N-dealkylation sites (tertiary alicyclic amines) is 1. The van der Waals surface area contributed by atoms with Crippen molar-refractivity contribution in [3.05, 3.63) is 35.4 Å². The first-order valence-electron chi connectivity index (χ1n) is 16.5. The smallest absolute Gasteiger partial charge is 0.257 e. The van der Waals surface area contributed by atoms with Crippen molar-refractivity contribution in [2.45, 2.75) is 115 Å². The number of fused-ring (bicyclic) bond motifs is 1. The normalized spacial score (nSPS) is 26.6. The molecule has 2 saturated carbocycles. The number of guanidine groups is 1. The molecule has 40 heavy (non-hydrogen) atoms. The van der Waals surface area contributed by atoms with E-state index in [1.165, 1.54) is 75.3 Å². The highest BCUT2D eigenvalue weighted by Gasteiger charge is 2.50. The Bertz CT molecular complexity index is 1060. The number of aliphatic imine (C=N–C) groups is 1. The molecule has 5 aliphatic rings. The summed E-state index contributed by atoms with van der Waals surface area (Å²) in [6.45, 7) is 2.23. The molecule has 3 aliphatic carbocycles. The molecule has 2 aliphatic heterocycles. The zero-order valence-electron chi connectivity index (χ0n) is 24.5. The van der Waals surface area contributed by atoms with Gasteiger partial charge in [0.2, 0.25) is 5.91 Å². The predicted molar refractivity (Wildman–Crippen MR) is 160 cm³/mol. The Kier molecular flexibility index (Phi) is 8.50. The number of hydrogen-bond donors (Lipinski definition) is 1. The third-order valence-corrected chi connectivity index (χ3v) is 11.0. The largest absolute Gasteiger partial charge is 0.369 e. The molecule has 1 unspecified atom stereocenters. The minimum atomic E-state index is -0.637. The Morgan fingerprint density at radius 2 is 1.43 bits per heavy atom. The summed E-state index contributed by atoms with van der Waals surface area (Å²) in [6.07, 6.45) is 19.2. The monoisotopic (exact) mass is 546 g/mol. The van der Waals surface area contributed by atoms with Crippen LogP contribution in [0.4, 0.5) is 0 Å². The van der Waals surface area contributed by atoms with Gasteiger partial charge in [-0.3, -0.25) is 14.5 Å². The summed E-state index contributed by atoms with van der Waals surface area (Å²) in [7, 11) is 0. The van der Waals surface area contributed by atoms with Gasteiger partial charge < -0.3 is 10.6 Å². The lowest BCUT2D eigenvalue weighted by atomic mass is 9.73. The molecule has 218 valence electrons. The van der Waals surface area contributed by atoms with Crippen molar-refractivity contribution in [1.82, 2.24) is 9.80 Å². The van der Waals surface area contributed by atoms with Crippen LogP contribution in [0.25, 0.3) is 0 Å². The molecule has 1 atom stereocenters. The molecule has 6 rings (SSSR count). The minimum absolute atomic E-state index is 0.106. The van der Waals surface area contributed by atoms with Gasteiger partial charge >= 0.3 is 0 Å². The van der Waals surface area contributed by atoms with Crippen LogP contribution in [0.1, 0.15) is 107 Å². The van der Waals surface area contributed by atoms with Gasteiger partial charge in [0.05, 0.1) is 0 Å². The highest BCUT2D eigenvalue weighted by Crippen LogP contribution is 2.42. The summed E-state index contributed by atoms with van der Waals surface area (Å²) >= 11 is 0. The number of carbonyl (C=O) groups excluding carboxylic acids is 2. The molecule has 1 aromatic carbocycles. The van der Waals surface area contributed by atoms with Crippen LogP contribution in [-0.2, 0) is 22.4 Å². The van der Waals surface area contributed by atoms with Crippen LogP contribution < -0.4 is 5.73 Å². The van der Waals surface area contributed by atoms with Gasteiger partial charge in [-0.05, 0) is 73.8 Å². The first-order chi connectivity index (χ1) is 19.5. The van der Waals surface area contributed by atoms with E-state index in [1.807, 2.05) is 4.90 Å². The molecule has 6 heteroatoms. The summed E-state index contributed by atoms with van der Waals surface area (Å²) in [5.74, 6) is 2.63. The molecule has 0 radical (unpaired) electrons. The first kappa shape index (κ1) is 27.8. The number of hydrogen-bond acceptors (Lipinski definition) is 4. The molecular formula is C34H50N4O2. The van der Waals surface area contributed by atoms with Crippen molar-refractivity contribution >= 4 is 17.8 Å². The highest BCUT2D eigenvalue weighted by atomic mass is 16.2. The number of nitrogens with two attached hydrogens (primary N) is 1. The van der Waals surface area contributed by atoms with Crippen molar-refractivity contribution in [3.8, 4) is 0 Å². The molecular weight excluding hydrogens is 496 g/mol. The van der Waals surface area contributed by atoms with Gasteiger partial charge in [-0.1, -0.05) is 88.5 Å². The maximum absolute atomic E-state index is 14.2. The van der Waals surface area contributed by atoms with E-state index in [1.54, 1.807) is 0 Å². The van der Waals surface area contributed by atoms with Crippen molar-refractivity contribution in [2.24, 2.45) is 34.4 Å². The maximum atomic E-state index is 14.2. The Morgan fingerprint density at radius 3 is 2.05 bits per heavy atom. The molecule has 1 saturated heterocycles. The SMILES string of the molecule is NC1=NC(CC2CCCCC2)(CC2CCCCC2)C(=O)N1CC1CCN(C(=O)C2CCc3ccccc3C2)CC1.